The number of aliphatic hydroxyl groups excluding tert-OH is 1. The first-order chi connectivity index (χ1) is 16.1. The Morgan fingerprint density at radius 3 is 2.61 bits per heavy atom. The number of aromatic nitrogens is 2. The molecule has 1 heterocycles. The largest absolute Gasteiger partial charge is 0.395 e. The number of thioether (sulfide) groups is 1. The molecule has 0 aliphatic rings. The number of nitrogens with zero attached hydrogens (tertiary/aromatic N) is 3. The third-order valence-corrected chi connectivity index (χ3v) is 6.05. The van der Waals surface area contributed by atoms with Crippen LogP contribution in [0.5, 0.6) is 0 Å². The lowest BCUT2D eigenvalue weighted by molar-refractivity contribution is 0.0955. The minimum Gasteiger partial charge on any atom is -0.395 e. The van der Waals surface area contributed by atoms with Gasteiger partial charge in [0.1, 0.15) is 0 Å². The summed E-state index contributed by atoms with van der Waals surface area (Å²) in [4.78, 5) is 22.2. The number of amides is 1. The molecule has 0 unspecified atom stereocenters. The fourth-order valence-electron chi connectivity index (χ4n) is 3.23. The number of fused-ring (bicyclic) bond motifs is 1. The van der Waals surface area contributed by atoms with Crippen LogP contribution in [-0.4, -0.2) is 47.4 Å². The van der Waals surface area contributed by atoms with Crippen molar-refractivity contribution in [2.24, 2.45) is 5.10 Å². The maximum atomic E-state index is 12.4. The van der Waals surface area contributed by atoms with E-state index in [4.69, 9.17) is 5.11 Å². The van der Waals surface area contributed by atoms with Crippen molar-refractivity contribution in [2.75, 3.05) is 25.1 Å². The Labute approximate surface area is 196 Å². The number of nitrogens with one attached hydrogen (secondary N) is 2. The zero-order valence-electron chi connectivity index (χ0n) is 18.2. The van der Waals surface area contributed by atoms with E-state index in [-0.39, 0.29) is 12.5 Å². The summed E-state index contributed by atoms with van der Waals surface area (Å²) in [6.07, 6.45) is 1.60. The van der Waals surface area contributed by atoms with Gasteiger partial charge in [-0.15, -0.1) is 0 Å². The van der Waals surface area contributed by atoms with E-state index in [1.54, 1.807) is 30.1 Å². The zero-order valence-corrected chi connectivity index (χ0v) is 19.0. The van der Waals surface area contributed by atoms with Crippen molar-refractivity contribution in [3.63, 3.8) is 0 Å². The third-order valence-electron chi connectivity index (χ3n) is 5.11. The van der Waals surface area contributed by atoms with Crippen LogP contribution < -0.4 is 10.3 Å². The number of carbonyl (C=O) groups excluding carboxylic acids is 1. The second-order valence-electron chi connectivity index (χ2n) is 7.48. The zero-order chi connectivity index (χ0) is 23.0. The molecule has 3 aromatic carbocycles. The molecule has 0 aliphatic heterocycles. The smallest absolute Gasteiger partial charge is 0.271 e. The van der Waals surface area contributed by atoms with Gasteiger partial charge in [0.25, 0.3) is 5.91 Å². The number of aromatic amines is 1. The molecule has 0 radical (unpaired) electrons. The van der Waals surface area contributed by atoms with Crippen LogP contribution in [-0.2, 0) is 5.75 Å². The minimum absolute atomic E-state index is 0.104. The predicted octanol–water partition coefficient (Wildman–Crippen LogP) is 4.05. The number of para-hydroxylation sites is 2. The molecule has 0 spiro atoms. The first kappa shape index (κ1) is 22.6. The molecule has 0 atom stereocenters. The normalized spacial score (nSPS) is 11.2. The predicted molar refractivity (Wildman–Crippen MR) is 134 cm³/mol. The number of hydrazone groups is 1. The summed E-state index contributed by atoms with van der Waals surface area (Å²) in [6, 6.07) is 23.1. The highest BCUT2D eigenvalue weighted by Crippen LogP contribution is 2.23. The maximum Gasteiger partial charge on any atom is 0.271 e. The lowest BCUT2D eigenvalue weighted by atomic mass is 10.1. The summed E-state index contributed by atoms with van der Waals surface area (Å²) in [5.74, 6) is 0.491. The Bertz CT molecular complexity index is 1200. The summed E-state index contributed by atoms with van der Waals surface area (Å²) < 4.78 is 0. The van der Waals surface area contributed by atoms with E-state index in [9.17, 15) is 4.79 Å². The molecule has 0 bridgehead atoms. The average molecular weight is 460 g/mol. The fourth-order valence-corrected chi connectivity index (χ4v) is 4.07. The number of benzene rings is 3. The van der Waals surface area contributed by atoms with Crippen molar-refractivity contribution in [3.05, 3.63) is 89.5 Å². The van der Waals surface area contributed by atoms with E-state index in [0.29, 0.717) is 12.1 Å². The number of carbonyl (C=O) groups is 1. The highest BCUT2D eigenvalue weighted by atomic mass is 32.2. The fraction of sp³-hybridized carbons (Fsp3) is 0.160. The quantitative estimate of drug-likeness (QED) is 0.199. The van der Waals surface area contributed by atoms with Gasteiger partial charge in [-0.2, -0.15) is 5.10 Å². The van der Waals surface area contributed by atoms with Gasteiger partial charge < -0.3 is 15.0 Å². The van der Waals surface area contributed by atoms with Crippen molar-refractivity contribution >= 4 is 40.6 Å². The molecule has 0 saturated heterocycles. The molecule has 0 fully saturated rings. The molecule has 1 aromatic heterocycles. The van der Waals surface area contributed by atoms with Gasteiger partial charge in [-0.05, 0) is 47.5 Å². The van der Waals surface area contributed by atoms with Crippen LogP contribution in [0.4, 0.5) is 5.69 Å². The van der Waals surface area contributed by atoms with E-state index in [1.807, 2.05) is 72.6 Å². The molecule has 8 heteroatoms. The molecular formula is C25H25N5O2S. The van der Waals surface area contributed by atoms with Gasteiger partial charge in [0.15, 0.2) is 5.16 Å². The van der Waals surface area contributed by atoms with Crippen LogP contribution in [0.2, 0.25) is 0 Å². The van der Waals surface area contributed by atoms with Crippen LogP contribution in [0.3, 0.4) is 0 Å². The van der Waals surface area contributed by atoms with Crippen molar-refractivity contribution in [2.45, 2.75) is 10.9 Å². The molecule has 7 nitrogen and oxygen atoms in total. The molecule has 3 N–H and O–H groups in total. The van der Waals surface area contributed by atoms with Gasteiger partial charge >= 0.3 is 0 Å². The molecule has 0 saturated carbocycles. The van der Waals surface area contributed by atoms with E-state index in [1.165, 1.54) is 0 Å². The summed E-state index contributed by atoms with van der Waals surface area (Å²) in [5.41, 5.74) is 8.07. The van der Waals surface area contributed by atoms with Gasteiger partial charge in [0.2, 0.25) is 0 Å². The second-order valence-corrected chi connectivity index (χ2v) is 8.44. The van der Waals surface area contributed by atoms with Crippen LogP contribution >= 0.6 is 11.8 Å². The van der Waals surface area contributed by atoms with Crippen molar-refractivity contribution in [1.29, 1.82) is 0 Å². The highest BCUT2D eigenvalue weighted by molar-refractivity contribution is 7.98. The Morgan fingerprint density at radius 2 is 1.88 bits per heavy atom. The average Bonchev–Trinajstić information content (AvgIpc) is 3.27. The van der Waals surface area contributed by atoms with Crippen molar-refractivity contribution in [1.82, 2.24) is 15.4 Å². The van der Waals surface area contributed by atoms with E-state index >= 15 is 0 Å². The molecule has 0 aliphatic carbocycles. The Kier molecular flexibility index (Phi) is 7.39. The molecular weight excluding hydrogens is 434 g/mol. The van der Waals surface area contributed by atoms with Gasteiger partial charge in [-0.25, -0.2) is 10.4 Å². The van der Waals surface area contributed by atoms with Crippen LogP contribution in [0.25, 0.3) is 11.0 Å². The molecule has 33 heavy (non-hydrogen) atoms. The first-order valence-electron chi connectivity index (χ1n) is 10.5. The minimum atomic E-state index is -0.262. The standard InChI is InChI=1S/C25H25N5O2S/c1-30(14-15-31)21-12-8-18(9-13-21)16-26-29-24(32)20-10-6-19(7-11-20)17-33-25-27-22-4-2-3-5-23(22)28-25/h2-13,16,31H,14-15,17H2,1H3,(H,27,28)(H,29,32). The number of hydrogen-bond donors (Lipinski definition) is 3. The monoisotopic (exact) mass is 459 g/mol. The van der Waals surface area contributed by atoms with Gasteiger partial charge in [-0.1, -0.05) is 48.2 Å². The van der Waals surface area contributed by atoms with Crippen LogP contribution in [0.15, 0.2) is 83.1 Å². The Hall–Kier alpha value is -3.62. The number of imidazole rings is 1. The van der Waals surface area contributed by atoms with Crippen LogP contribution in [0.1, 0.15) is 21.5 Å². The number of hydrogen-bond acceptors (Lipinski definition) is 6. The van der Waals surface area contributed by atoms with Crippen molar-refractivity contribution in [3.8, 4) is 0 Å². The first-order valence-corrected chi connectivity index (χ1v) is 11.5. The highest BCUT2D eigenvalue weighted by Gasteiger charge is 2.06. The van der Waals surface area contributed by atoms with Gasteiger partial charge in [0.05, 0.1) is 23.9 Å². The molecule has 4 rings (SSSR count). The van der Waals surface area contributed by atoms with Crippen molar-refractivity contribution < 1.29 is 9.90 Å². The number of likely N-dealkylation sites (N-methyl/N-ethyl adjacent to an activating group) is 1. The molecule has 4 aromatic rings. The summed E-state index contributed by atoms with van der Waals surface area (Å²) in [6.45, 7) is 0.674. The SMILES string of the molecule is CN(CCO)c1ccc(C=NNC(=O)c2ccc(CSc3nc4ccccc4[nH]3)cc2)cc1. The number of anilines is 1. The molecule has 168 valence electrons. The summed E-state index contributed by atoms with van der Waals surface area (Å²) in [7, 11) is 1.92. The lowest BCUT2D eigenvalue weighted by Gasteiger charge is -2.17. The topological polar surface area (TPSA) is 93.6 Å². The van der Waals surface area contributed by atoms with E-state index < -0.39 is 0 Å². The maximum absolute atomic E-state index is 12.4. The number of H-pyrrole nitrogens is 1. The summed E-state index contributed by atoms with van der Waals surface area (Å²) >= 11 is 1.62. The van der Waals surface area contributed by atoms with E-state index in [2.05, 4.69) is 20.5 Å². The summed E-state index contributed by atoms with van der Waals surface area (Å²) in [5, 5.41) is 13.9. The lowest BCUT2D eigenvalue weighted by Crippen LogP contribution is -2.20. The molecule has 1 amide bonds. The van der Waals surface area contributed by atoms with Crippen LogP contribution in [0, 0.1) is 0 Å². The van der Waals surface area contributed by atoms with Gasteiger partial charge in [0, 0.05) is 30.6 Å². The second kappa shape index (κ2) is 10.8. The van der Waals surface area contributed by atoms with Gasteiger partial charge in [-0.3, -0.25) is 4.79 Å². The number of aliphatic hydroxyl groups is 1. The van der Waals surface area contributed by atoms with E-state index in [0.717, 1.165) is 38.8 Å². The number of rotatable bonds is 9. The Morgan fingerprint density at radius 1 is 1.12 bits per heavy atom. The third kappa shape index (κ3) is 6.00. The Balaban J connectivity index is 1.28.